The molecule has 0 atom stereocenters. The van der Waals surface area contributed by atoms with Crippen molar-refractivity contribution in [3.05, 3.63) is 24.0 Å². The minimum Gasteiger partial charge on any atom is -0.515 e. The highest BCUT2D eigenvalue weighted by atomic mass is 16.2. The lowest BCUT2D eigenvalue weighted by Gasteiger charge is -2.23. The average molecular weight is 152 g/mol. The summed E-state index contributed by atoms with van der Waals surface area (Å²) in [6, 6.07) is 0. The van der Waals surface area contributed by atoms with Crippen molar-refractivity contribution in [3.8, 4) is 0 Å². The molecular weight excluding hydrogens is 140 g/mol. The van der Waals surface area contributed by atoms with Gasteiger partial charge >= 0.3 is 0 Å². The Bertz CT molecular complexity index is 234. The molecule has 2 heteroatoms. The number of hydrogen-bond donors (Lipinski definition) is 1. The summed E-state index contributed by atoms with van der Waals surface area (Å²) < 4.78 is 0. The Kier molecular flexibility index (Phi) is 1.85. The van der Waals surface area contributed by atoms with Crippen molar-refractivity contribution in [2.75, 3.05) is 0 Å². The molecule has 1 N–H and O–H groups in total. The van der Waals surface area contributed by atoms with E-state index in [1.807, 2.05) is 19.9 Å². The van der Waals surface area contributed by atoms with Gasteiger partial charge in [0.05, 0.1) is 6.26 Å². The van der Waals surface area contributed by atoms with Gasteiger partial charge in [0, 0.05) is 5.57 Å². The zero-order valence-corrected chi connectivity index (χ0v) is 6.79. The summed E-state index contributed by atoms with van der Waals surface area (Å²) in [7, 11) is 0. The maximum absolute atomic E-state index is 11.0. The SMILES string of the molecule is CC1(C)C=CC(=O)/C(=C\O)C1. The number of ketones is 1. The molecule has 0 bridgehead atoms. The number of carbonyl (C=O) groups excluding carboxylic acids is 1. The van der Waals surface area contributed by atoms with E-state index in [4.69, 9.17) is 5.11 Å². The summed E-state index contributed by atoms with van der Waals surface area (Å²) in [5.41, 5.74) is 0.500. The van der Waals surface area contributed by atoms with Crippen LogP contribution < -0.4 is 0 Å². The Balaban J connectivity index is 2.93. The summed E-state index contributed by atoms with van der Waals surface area (Å²) in [5, 5.41) is 8.68. The van der Waals surface area contributed by atoms with Crippen LogP contribution in [0, 0.1) is 5.41 Å². The molecule has 0 aromatic rings. The Morgan fingerprint density at radius 1 is 1.64 bits per heavy atom. The fourth-order valence-corrected chi connectivity index (χ4v) is 1.15. The number of rotatable bonds is 0. The molecule has 0 aliphatic heterocycles. The Hall–Kier alpha value is -1.05. The maximum atomic E-state index is 11.0. The van der Waals surface area contributed by atoms with Crippen molar-refractivity contribution in [3.63, 3.8) is 0 Å². The highest BCUT2D eigenvalue weighted by Crippen LogP contribution is 2.30. The molecule has 11 heavy (non-hydrogen) atoms. The smallest absolute Gasteiger partial charge is 0.184 e. The van der Waals surface area contributed by atoms with Gasteiger partial charge in [-0.15, -0.1) is 0 Å². The molecular formula is C9H12O2. The lowest BCUT2D eigenvalue weighted by Crippen LogP contribution is -2.18. The van der Waals surface area contributed by atoms with E-state index >= 15 is 0 Å². The summed E-state index contributed by atoms with van der Waals surface area (Å²) in [5.74, 6) is -0.0770. The minimum atomic E-state index is -0.0770. The van der Waals surface area contributed by atoms with E-state index in [1.54, 1.807) is 0 Å². The zero-order chi connectivity index (χ0) is 8.48. The number of aliphatic hydroxyl groups is 1. The third kappa shape index (κ3) is 1.70. The lowest BCUT2D eigenvalue weighted by molar-refractivity contribution is -0.112. The molecule has 1 aliphatic carbocycles. The highest BCUT2D eigenvalue weighted by molar-refractivity contribution is 6.04. The van der Waals surface area contributed by atoms with Crippen molar-refractivity contribution in [2.24, 2.45) is 5.41 Å². The Labute approximate surface area is 66.2 Å². The molecule has 60 valence electrons. The Morgan fingerprint density at radius 2 is 2.27 bits per heavy atom. The van der Waals surface area contributed by atoms with Crippen LogP contribution in [-0.2, 0) is 4.79 Å². The van der Waals surface area contributed by atoms with Crippen LogP contribution in [0.5, 0.6) is 0 Å². The largest absolute Gasteiger partial charge is 0.515 e. The van der Waals surface area contributed by atoms with Gasteiger partial charge in [-0.25, -0.2) is 0 Å². The van der Waals surface area contributed by atoms with Crippen LogP contribution in [0.3, 0.4) is 0 Å². The normalized spacial score (nSPS) is 26.0. The molecule has 0 unspecified atom stereocenters. The number of allylic oxidation sites excluding steroid dienone is 3. The quantitative estimate of drug-likeness (QED) is 0.425. The van der Waals surface area contributed by atoms with Crippen molar-refractivity contribution >= 4 is 5.78 Å². The number of aliphatic hydroxyl groups excluding tert-OH is 1. The first-order chi connectivity index (χ1) is 5.05. The van der Waals surface area contributed by atoms with Crippen LogP contribution in [-0.4, -0.2) is 10.9 Å². The Morgan fingerprint density at radius 3 is 2.73 bits per heavy atom. The van der Waals surface area contributed by atoms with Crippen LogP contribution in [0.2, 0.25) is 0 Å². The summed E-state index contributed by atoms with van der Waals surface area (Å²) >= 11 is 0. The van der Waals surface area contributed by atoms with E-state index in [1.165, 1.54) is 6.08 Å². The van der Waals surface area contributed by atoms with Gasteiger partial charge < -0.3 is 5.11 Å². The van der Waals surface area contributed by atoms with Crippen molar-refractivity contribution in [1.82, 2.24) is 0 Å². The summed E-state index contributed by atoms with van der Waals surface area (Å²) in [6.45, 7) is 4.05. The molecule has 0 heterocycles. The van der Waals surface area contributed by atoms with E-state index in [0.717, 1.165) is 6.26 Å². The lowest BCUT2D eigenvalue weighted by atomic mass is 9.80. The molecule has 0 saturated heterocycles. The average Bonchev–Trinajstić information content (AvgIpc) is 1.94. The molecule has 0 spiro atoms. The molecule has 0 aromatic heterocycles. The number of hydrogen-bond acceptors (Lipinski definition) is 2. The van der Waals surface area contributed by atoms with Crippen LogP contribution in [0.4, 0.5) is 0 Å². The predicted molar refractivity (Wildman–Crippen MR) is 43.3 cm³/mol. The predicted octanol–water partition coefficient (Wildman–Crippen LogP) is 1.98. The van der Waals surface area contributed by atoms with Crippen LogP contribution in [0.25, 0.3) is 0 Å². The van der Waals surface area contributed by atoms with Gasteiger partial charge in [-0.1, -0.05) is 19.9 Å². The van der Waals surface area contributed by atoms with Gasteiger partial charge in [-0.05, 0) is 17.9 Å². The molecule has 0 saturated carbocycles. The molecule has 1 aliphatic rings. The maximum Gasteiger partial charge on any atom is 0.184 e. The van der Waals surface area contributed by atoms with Crippen LogP contribution in [0.1, 0.15) is 20.3 Å². The molecule has 0 fully saturated rings. The molecule has 1 rings (SSSR count). The topological polar surface area (TPSA) is 37.3 Å². The second-order valence-electron chi connectivity index (χ2n) is 3.52. The second kappa shape index (κ2) is 2.53. The molecule has 2 nitrogen and oxygen atoms in total. The number of carbonyl (C=O) groups is 1. The zero-order valence-electron chi connectivity index (χ0n) is 6.79. The second-order valence-corrected chi connectivity index (χ2v) is 3.52. The van der Waals surface area contributed by atoms with Crippen molar-refractivity contribution < 1.29 is 9.90 Å². The minimum absolute atomic E-state index is 0.00245. The van der Waals surface area contributed by atoms with Gasteiger partial charge in [-0.2, -0.15) is 0 Å². The van der Waals surface area contributed by atoms with Gasteiger partial charge in [-0.3, -0.25) is 4.79 Å². The van der Waals surface area contributed by atoms with E-state index < -0.39 is 0 Å². The fourth-order valence-electron chi connectivity index (χ4n) is 1.15. The highest BCUT2D eigenvalue weighted by Gasteiger charge is 2.24. The van der Waals surface area contributed by atoms with Gasteiger partial charge in [0.25, 0.3) is 0 Å². The van der Waals surface area contributed by atoms with Gasteiger partial charge in [0.1, 0.15) is 0 Å². The standard InChI is InChI=1S/C9H12O2/c1-9(2)4-3-8(11)7(5-9)6-10/h3-4,6,10H,5H2,1-2H3/b7-6-. The monoisotopic (exact) mass is 152 g/mol. The molecule has 0 aromatic carbocycles. The van der Waals surface area contributed by atoms with Crippen LogP contribution >= 0.6 is 0 Å². The summed E-state index contributed by atoms with van der Waals surface area (Å²) in [4.78, 5) is 11.0. The summed E-state index contributed by atoms with van der Waals surface area (Å²) in [6.07, 6.45) is 4.93. The fraction of sp³-hybridized carbons (Fsp3) is 0.444. The molecule has 0 radical (unpaired) electrons. The van der Waals surface area contributed by atoms with Gasteiger partial charge in [0.15, 0.2) is 5.78 Å². The third-order valence-corrected chi connectivity index (χ3v) is 1.80. The van der Waals surface area contributed by atoms with E-state index in [9.17, 15) is 4.79 Å². The van der Waals surface area contributed by atoms with Crippen molar-refractivity contribution in [2.45, 2.75) is 20.3 Å². The van der Waals surface area contributed by atoms with E-state index in [0.29, 0.717) is 12.0 Å². The van der Waals surface area contributed by atoms with E-state index in [2.05, 4.69) is 0 Å². The van der Waals surface area contributed by atoms with Crippen molar-refractivity contribution in [1.29, 1.82) is 0 Å². The first-order valence-electron chi connectivity index (χ1n) is 3.62. The first kappa shape index (κ1) is 8.05. The van der Waals surface area contributed by atoms with Crippen LogP contribution in [0.15, 0.2) is 24.0 Å². The first-order valence-corrected chi connectivity index (χ1v) is 3.62. The third-order valence-electron chi connectivity index (χ3n) is 1.80. The van der Waals surface area contributed by atoms with Gasteiger partial charge in [0.2, 0.25) is 0 Å². The van der Waals surface area contributed by atoms with E-state index in [-0.39, 0.29) is 11.2 Å². The molecule has 0 amide bonds.